The molecule has 1 aromatic rings. The van der Waals surface area contributed by atoms with Gasteiger partial charge in [-0.2, -0.15) is 15.0 Å². The highest BCUT2D eigenvalue weighted by molar-refractivity contribution is 5.32. The van der Waals surface area contributed by atoms with E-state index in [9.17, 15) is 0 Å². The Balaban J connectivity index is 1.33. The predicted octanol–water partition coefficient (Wildman–Crippen LogP) is 0.826. The lowest BCUT2D eigenvalue weighted by Gasteiger charge is -2.40. The van der Waals surface area contributed by atoms with Gasteiger partial charge in [0, 0.05) is 46.3 Å². The molecule has 2 aliphatic carbocycles. The van der Waals surface area contributed by atoms with Crippen LogP contribution in [0, 0.1) is 11.8 Å². The SMILES string of the molecule is CN(C)c1nc(N)nc(CN2CCN(C3CC4CCC3C4)CC2)n1. The number of aromatic nitrogens is 3. The van der Waals surface area contributed by atoms with Crippen molar-refractivity contribution in [2.24, 2.45) is 11.8 Å². The number of hydrogen-bond donors (Lipinski definition) is 1. The summed E-state index contributed by atoms with van der Waals surface area (Å²) in [7, 11) is 3.85. The van der Waals surface area contributed by atoms with Crippen LogP contribution in [0.15, 0.2) is 0 Å². The molecule has 1 saturated heterocycles. The van der Waals surface area contributed by atoms with Crippen molar-refractivity contribution in [1.29, 1.82) is 0 Å². The molecule has 1 aromatic heterocycles. The number of nitrogens with two attached hydrogens (primary N) is 1. The van der Waals surface area contributed by atoms with Crippen LogP contribution in [0.25, 0.3) is 0 Å². The number of fused-ring (bicyclic) bond motifs is 2. The molecule has 3 aliphatic rings. The minimum absolute atomic E-state index is 0.310. The second-order valence-electron chi connectivity index (χ2n) is 7.86. The van der Waals surface area contributed by atoms with Gasteiger partial charge in [-0.1, -0.05) is 6.42 Å². The number of piperazine rings is 1. The molecule has 3 unspecified atom stereocenters. The molecule has 7 nitrogen and oxygen atoms in total. The van der Waals surface area contributed by atoms with E-state index < -0.39 is 0 Å². The summed E-state index contributed by atoms with van der Waals surface area (Å²) in [4.78, 5) is 20.1. The van der Waals surface area contributed by atoms with Gasteiger partial charge in [0.2, 0.25) is 11.9 Å². The highest BCUT2D eigenvalue weighted by Gasteiger charge is 2.42. The van der Waals surface area contributed by atoms with E-state index in [1.54, 1.807) is 0 Å². The highest BCUT2D eigenvalue weighted by atomic mass is 15.3. The lowest BCUT2D eigenvalue weighted by atomic mass is 9.93. The summed E-state index contributed by atoms with van der Waals surface area (Å²) >= 11 is 0. The fourth-order valence-electron chi connectivity index (χ4n) is 4.81. The molecule has 2 saturated carbocycles. The van der Waals surface area contributed by atoms with E-state index in [1.807, 2.05) is 19.0 Å². The van der Waals surface area contributed by atoms with Crippen molar-refractivity contribution in [3.05, 3.63) is 5.82 Å². The Labute approximate surface area is 144 Å². The first-order valence-electron chi connectivity index (χ1n) is 9.22. The summed E-state index contributed by atoms with van der Waals surface area (Å²) < 4.78 is 0. The van der Waals surface area contributed by atoms with Gasteiger partial charge in [-0.05, 0) is 31.1 Å². The number of hydrogen-bond acceptors (Lipinski definition) is 7. The van der Waals surface area contributed by atoms with Gasteiger partial charge in [0.15, 0.2) is 0 Å². The second kappa shape index (κ2) is 6.44. The number of rotatable bonds is 4. The van der Waals surface area contributed by atoms with Gasteiger partial charge in [0.05, 0.1) is 6.54 Å². The quantitative estimate of drug-likeness (QED) is 0.876. The van der Waals surface area contributed by atoms with Gasteiger partial charge in [-0.3, -0.25) is 9.80 Å². The van der Waals surface area contributed by atoms with Crippen LogP contribution >= 0.6 is 0 Å². The average molecular weight is 331 g/mol. The molecule has 2 heterocycles. The normalized spacial score (nSPS) is 30.8. The Bertz CT molecular complexity index is 582. The van der Waals surface area contributed by atoms with Crippen molar-refractivity contribution >= 4 is 11.9 Å². The van der Waals surface area contributed by atoms with Crippen molar-refractivity contribution in [2.45, 2.75) is 38.3 Å². The van der Waals surface area contributed by atoms with Crippen LogP contribution in [0.2, 0.25) is 0 Å². The second-order valence-corrected chi connectivity index (χ2v) is 7.86. The first-order valence-corrected chi connectivity index (χ1v) is 9.22. The largest absolute Gasteiger partial charge is 0.368 e. The number of anilines is 2. The fraction of sp³-hybridized carbons (Fsp3) is 0.824. The molecule has 132 valence electrons. The van der Waals surface area contributed by atoms with E-state index in [4.69, 9.17) is 5.73 Å². The van der Waals surface area contributed by atoms with Crippen LogP contribution in [0.3, 0.4) is 0 Å². The number of nitrogens with zero attached hydrogens (tertiary/aromatic N) is 6. The third-order valence-electron chi connectivity index (χ3n) is 6.03. The maximum Gasteiger partial charge on any atom is 0.229 e. The minimum Gasteiger partial charge on any atom is -0.368 e. The zero-order chi connectivity index (χ0) is 16.7. The smallest absolute Gasteiger partial charge is 0.229 e. The predicted molar refractivity (Wildman–Crippen MR) is 94.7 cm³/mol. The Hall–Kier alpha value is -1.47. The minimum atomic E-state index is 0.310. The molecule has 0 radical (unpaired) electrons. The molecule has 3 atom stereocenters. The van der Waals surface area contributed by atoms with E-state index in [0.717, 1.165) is 43.3 Å². The Kier molecular flexibility index (Phi) is 4.30. The van der Waals surface area contributed by atoms with Crippen LogP contribution in [0.1, 0.15) is 31.5 Å². The summed E-state index contributed by atoms with van der Waals surface area (Å²) in [5.74, 6) is 3.73. The molecule has 7 heteroatoms. The van der Waals surface area contributed by atoms with E-state index in [0.29, 0.717) is 11.9 Å². The summed E-state index contributed by atoms with van der Waals surface area (Å²) in [5.41, 5.74) is 5.83. The molecule has 2 N–H and O–H groups in total. The molecule has 3 fully saturated rings. The van der Waals surface area contributed by atoms with Crippen LogP contribution in [-0.4, -0.2) is 71.1 Å². The van der Waals surface area contributed by atoms with E-state index in [2.05, 4.69) is 24.8 Å². The van der Waals surface area contributed by atoms with E-state index in [1.165, 1.54) is 38.8 Å². The van der Waals surface area contributed by atoms with Crippen molar-refractivity contribution in [1.82, 2.24) is 24.8 Å². The highest BCUT2D eigenvalue weighted by Crippen LogP contribution is 2.46. The summed E-state index contributed by atoms with van der Waals surface area (Å²) in [6.45, 7) is 5.30. The van der Waals surface area contributed by atoms with Gasteiger partial charge in [-0.15, -0.1) is 0 Å². The Morgan fingerprint density at radius 1 is 1.04 bits per heavy atom. The zero-order valence-corrected chi connectivity index (χ0v) is 14.9. The fourth-order valence-corrected chi connectivity index (χ4v) is 4.81. The van der Waals surface area contributed by atoms with Gasteiger partial charge in [-0.25, -0.2) is 0 Å². The maximum absolute atomic E-state index is 5.83. The van der Waals surface area contributed by atoms with Crippen molar-refractivity contribution in [3.8, 4) is 0 Å². The summed E-state index contributed by atoms with van der Waals surface area (Å²) in [5, 5.41) is 0. The Morgan fingerprint density at radius 3 is 2.46 bits per heavy atom. The van der Waals surface area contributed by atoms with Crippen molar-refractivity contribution in [2.75, 3.05) is 50.9 Å². The summed E-state index contributed by atoms with van der Waals surface area (Å²) in [6, 6.07) is 0.860. The topological polar surface area (TPSA) is 74.4 Å². The summed E-state index contributed by atoms with van der Waals surface area (Å²) in [6.07, 6.45) is 5.88. The van der Waals surface area contributed by atoms with Crippen LogP contribution in [-0.2, 0) is 6.54 Å². The molecule has 2 bridgehead atoms. The number of nitrogen functional groups attached to an aromatic ring is 1. The molecule has 0 amide bonds. The van der Waals surface area contributed by atoms with Gasteiger partial charge < -0.3 is 10.6 Å². The molecular formula is C17H29N7. The zero-order valence-electron chi connectivity index (χ0n) is 14.9. The molecule has 0 aromatic carbocycles. The average Bonchev–Trinajstić information content (AvgIpc) is 3.18. The van der Waals surface area contributed by atoms with Crippen molar-refractivity contribution < 1.29 is 0 Å². The maximum atomic E-state index is 5.83. The molecular weight excluding hydrogens is 302 g/mol. The van der Waals surface area contributed by atoms with Gasteiger partial charge in [0.25, 0.3) is 0 Å². The van der Waals surface area contributed by atoms with E-state index in [-0.39, 0.29) is 0 Å². The monoisotopic (exact) mass is 331 g/mol. The third-order valence-corrected chi connectivity index (χ3v) is 6.03. The third kappa shape index (κ3) is 3.19. The van der Waals surface area contributed by atoms with Gasteiger partial charge in [0.1, 0.15) is 5.82 Å². The van der Waals surface area contributed by atoms with Crippen LogP contribution in [0.4, 0.5) is 11.9 Å². The van der Waals surface area contributed by atoms with Gasteiger partial charge >= 0.3 is 0 Å². The Morgan fingerprint density at radius 2 is 1.83 bits per heavy atom. The first-order chi connectivity index (χ1) is 11.6. The van der Waals surface area contributed by atoms with Crippen LogP contribution < -0.4 is 10.6 Å². The lowest BCUT2D eigenvalue weighted by molar-refractivity contribution is 0.0668. The molecule has 4 rings (SSSR count). The molecule has 1 aliphatic heterocycles. The molecule has 24 heavy (non-hydrogen) atoms. The van der Waals surface area contributed by atoms with Crippen LogP contribution in [0.5, 0.6) is 0 Å². The lowest BCUT2D eigenvalue weighted by Crippen LogP contribution is -2.51. The van der Waals surface area contributed by atoms with E-state index >= 15 is 0 Å². The first kappa shape index (κ1) is 16.0. The van der Waals surface area contributed by atoms with Crippen molar-refractivity contribution in [3.63, 3.8) is 0 Å². The standard InChI is InChI=1S/C17H29N7/c1-22(2)17-20-15(19-16(18)21-17)11-23-5-7-24(8-6-23)14-10-12-3-4-13(14)9-12/h12-14H,3-11H2,1-2H3,(H2,18,19,20,21). The molecule has 0 spiro atoms.